The number of unbranched alkanes of at least 4 members (excludes halogenated alkanes) is 2. The van der Waals surface area contributed by atoms with Crippen LogP contribution in [0.2, 0.25) is 0 Å². The molecule has 0 fully saturated rings. The number of aromatic nitrogens is 1. The average Bonchev–Trinajstić information content (AvgIpc) is 3.35. The van der Waals surface area contributed by atoms with Crippen LogP contribution in [-0.4, -0.2) is 17.5 Å². The minimum absolute atomic E-state index is 0.133. The smallest absolute Gasteiger partial charge is 0.243 e. The summed E-state index contributed by atoms with van der Waals surface area (Å²) in [6.45, 7) is 0.109. The molecule has 3 aromatic carbocycles. The summed E-state index contributed by atoms with van der Waals surface area (Å²) in [6.07, 6.45) is 4.48. The molecule has 0 unspecified atom stereocenters. The van der Waals surface area contributed by atoms with Crippen LogP contribution in [0, 0.1) is 5.82 Å². The molecule has 0 radical (unpaired) electrons. The van der Waals surface area contributed by atoms with Gasteiger partial charge in [0.25, 0.3) is 0 Å². The van der Waals surface area contributed by atoms with Crippen LogP contribution in [0.3, 0.4) is 0 Å². The van der Waals surface area contributed by atoms with Gasteiger partial charge in [-0.05, 0) is 54.0 Å². The number of amides is 1. The Bertz CT molecular complexity index is 1200. The zero-order chi connectivity index (χ0) is 25.2. The molecule has 4 aromatic rings. The van der Waals surface area contributed by atoms with Gasteiger partial charge in [0.2, 0.25) is 5.91 Å². The molecule has 0 aliphatic rings. The minimum Gasteiger partial charge on any atom is -0.368 e. The van der Waals surface area contributed by atoms with E-state index in [1.807, 2.05) is 18.2 Å². The van der Waals surface area contributed by atoms with E-state index in [0.29, 0.717) is 12.0 Å². The van der Waals surface area contributed by atoms with Gasteiger partial charge in [-0.15, -0.1) is 11.3 Å². The molecule has 2 N–H and O–H groups in total. The molecule has 0 bridgehead atoms. The SMILES string of the molecule is NC(=O)COCc1ccc(F)c(CCCCCc2csc(C(c3ccccc3)c3ccccc3)n2)c1. The first-order valence-corrected chi connectivity index (χ1v) is 13.2. The van der Waals surface area contributed by atoms with Crippen molar-refractivity contribution in [3.8, 4) is 0 Å². The van der Waals surface area contributed by atoms with Crippen LogP contribution >= 0.6 is 11.3 Å². The van der Waals surface area contributed by atoms with Crippen LogP contribution in [0.15, 0.2) is 84.2 Å². The summed E-state index contributed by atoms with van der Waals surface area (Å²) in [5, 5.41) is 3.28. The predicted octanol–water partition coefficient (Wildman–Crippen LogP) is 6.42. The van der Waals surface area contributed by atoms with Gasteiger partial charge in [0.15, 0.2) is 0 Å². The average molecular weight is 503 g/mol. The number of carbonyl (C=O) groups excluding carboxylic acids is 1. The summed E-state index contributed by atoms with van der Waals surface area (Å²) in [5.41, 5.74) is 10.2. The summed E-state index contributed by atoms with van der Waals surface area (Å²) in [7, 11) is 0. The van der Waals surface area contributed by atoms with Crippen molar-refractivity contribution >= 4 is 17.2 Å². The number of nitrogens with two attached hydrogens (primary N) is 1. The highest BCUT2D eigenvalue weighted by molar-refractivity contribution is 7.09. The highest BCUT2D eigenvalue weighted by Crippen LogP contribution is 2.34. The van der Waals surface area contributed by atoms with Crippen LogP contribution in [0.4, 0.5) is 4.39 Å². The largest absolute Gasteiger partial charge is 0.368 e. The maximum atomic E-state index is 14.2. The maximum absolute atomic E-state index is 14.2. The molecular formula is C30H31FN2O2S. The molecule has 0 saturated heterocycles. The molecule has 4 rings (SSSR count). The van der Waals surface area contributed by atoms with Crippen molar-refractivity contribution in [1.82, 2.24) is 4.98 Å². The molecule has 1 amide bonds. The second-order valence-corrected chi connectivity index (χ2v) is 9.77. The quantitative estimate of drug-likeness (QED) is 0.215. The molecule has 0 aliphatic heterocycles. The highest BCUT2D eigenvalue weighted by atomic mass is 32.1. The Hall–Kier alpha value is -3.35. The first-order chi connectivity index (χ1) is 17.6. The van der Waals surface area contributed by atoms with Crippen molar-refractivity contribution < 1.29 is 13.9 Å². The zero-order valence-electron chi connectivity index (χ0n) is 20.2. The normalized spacial score (nSPS) is 11.2. The summed E-state index contributed by atoms with van der Waals surface area (Å²) in [4.78, 5) is 15.8. The molecule has 36 heavy (non-hydrogen) atoms. The van der Waals surface area contributed by atoms with Crippen molar-refractivity contribution in [2.45, 2.75) is 44.6 Å². The standard InChI is InChI=1S/C30H31FN2O2S/c31-27-17-16-22(19-35-20-28(32)34)18-25(27)14-8-3-9-15-26-21-36-30(33-26)29(23-10-4-1-5-11-23)24-12-6-2-7-13-24/h1-2,4-7,10-13,16-18,21,29H,3,8-9,14-15,19-20H2,(H2,32,34). The third-order valence-electron chi connectivity index (χ3n) is 6.08. The van der Waals surface area contributed by atoms with Gasteiger partial charge < -0.3 is 10.5 Å². The molecule has 0 spiro atoms. The lowest BCUT2D eigenvalue weighted by atomic mass is 9.92. The van der Waals surface area contributed by atoms with Crippen molar-refractivity contribution in [1.29, 1.82) is 0 Å². The van der Waals surface area contributed by atoms with Crippen molar-refractivity contribution in [3.05, 3.63) is 123 Å². The number of primary amides is 1. The maximum Gasteiger partial charge on any atom is 0.243 e. The number of rotatable bonds is 13. The van der Waals surface area contributed by atoms with E-state index in [0.717, 1.165) is 41.9 Å². The number of halogens is 1. The van der Waals surface area contributed by atoms with Gasteiger partial charge >= 0.3 is 0 Å². The molecule has 1 heterocycles. The molecular weight excluding hydrogens is 471 g/mol. The lowest BCUT2D eigenvalue weighted by Gasteiger charge is -2.15. The van der Waals surface area contributed by atoms with Gasteiger partial charge in [-0.25, -0.2) is 9.37 Å². The fourth-order valence-electron chi connectivity index (χ4n) is 4.32. The Morgan fingerprint density at radius 3 is 2.25 bits per heavy atom. The van der Waals surface area contributed by atoms with Crippen LogP contribution in [0.1, 0.15) is 58.1 Å². The molecule has 0 aliphatic carbocycles. The second kappa shape index (κ2) is 13.1. The Labute approximate surface area is 216 Å². The van der Waals surface area contributed by atoms with E-state index in [9.17, 15) is 9.18 Å². The number of benzene rings is 3. The Balaban J connectivity index is 1.30. The summed E-state index contributed by atoms with van der Waals surface area (Å²) < 4.78 is 19.5. The summed E-state index contributed by atoms with van der Waals surface area (Å²) >= 11 is 1.72. The van der Waals surface area contributed by atoms with Crippen molar-refractivity contribution in [2.24, 2.45) is 5.73 Å². The topological polar surface area (TPSA) is 65.2 Å². The predicted molar refractivity (Wildman–Crippen MR) is 142 cm³/mol. The molecule has 6 heteroatoms. The third-order valence-corrected chi connectivity index (χ3v) is 7.04. The molecule has 4 nitrogen and oxygen atoms in total. The van der Waals surface area contributed by atoms with Crippen LogP contribution < -0.4 is 5.73 Å². The number of carbonyl (C=O) groups is 1. The lowest BCUT2D eigenvalue weighted by Crippen LogP contribution is -2.17. The van der Waals surface area contributed by atoms with Gasteiger partial charge in [-0.1, -0.05) is 79.2 Å². The first kappa shape index (κ1) is 25.7. The van der Waals surface area contributed by atoms with Gasteiger partial charge in [0.1, 0.15) is 17.4 Å². The van der Waals surface area contributed by atoms with Gasteiger partial charge in [-0.2, -0.15) is 0 Å². The third kappa shape index (κ3) is 7.33. The summed E-state index contributed by atoms with van der Waals surface area (Å²) in [5.74, 6) is -0.584. The number of hydrogen-bond donors (Lipinski definition) is 1. The van der Waals surface area contributed by atoms with E-state index < -0.39 is 5.91 Å². The highest BCUT2D eigenvalue weighted by Gasteiger charge is 2.20. The minimum atomic E-state index is -0.514. The van der Waals surface area contributed by atoms with E-state index in [1.165, 1.54) is 17.2 Å². The number of hydrogen-bond acceptors (Lipinski definition) is 4. The molecule has 0 atom stereocenters. The Kier molecular flexibility index (Phi) is 9.36. The lowest BCUT2D eigenvalue weighted by molar-refractivity contribution is -0.122. The number of ether oxygens (including phenoxy) is 1. The van der Waals surface area contributed by atoms with Gasteiger partial charge in [0.05, 0.1) is 18.2 Å². The van der Waals surface area contributed by atoms with Crippen LogP contribution in [0.25, 0.3) is 0 Å². The Morgan fingerprint density at radius 2 is 1.58 bits per heavy atom. The number of nitrogens with zero attached hydrogens (tertiary/aromatic N) is 1. The van der Waals surface area contributed by atoms with E-state index in [2.05, 4.69) is 53.9 Å². The molecule has 1 aromatic heterocycles. The monoisotopic (exact) mass is 502 g/mol. The fraction of sp³-hybridized carbons (Fsp3) is 0.267. The fourth-order valence-corrected chi connectivity index (χ4v) is 5.32. The van der Waals surface area contributed by atoms with E-state index >= 15 is 0 Å². The Morgan fingerprint density at radius 1 is 0.917 bits per heavy atom. The van der Waals surface area contributed by atoms with Crippen LogP contribution in [-0.2, 0) is 29.0 Å². The van der Waals surface area contributed by atoms with Crippen molar-refractivity contribution in [3.63, 3.8) is 0 Å². The van der Waals surface area contributed by atoms with Gasteiger partial charge in [0, 0.05) is 5.38 Å². The molecule has 0 saturated carbocycles. The number of thiazole rings is 1. The second-order valence-electron chi connectivity index (χ2n) is 8.88. The van der Waals surface area contributed by atoms with Crippen molar-refractivity contribution in [2.75, 3.05) is 6.61 Å². The van der Waals surface area contributed by atoms with Gasteiger partial charge in [-0.3, -0.25) is 4.79 Å². The van der Waals surface area contributed by atoms with E-state index in [-0.39, 0.29) is 24.9 Å². The first-order valence-electron chi connectivity index (χ1n) is 12.3. The van der Waals surface area contributed by atoms with E-state index in [4.69, 9.17) is 15.5 Å². The van der Waals surface area contributed by atoms with Crippen LogP contribution in [0.5, 0.6) is 0 Å². The summed E-state index contributed by atoms with van der Waals surface area (Å²) in [6, 6.07) is 26.0. The zero-order valence-corrected chi connectivity index (χ0v) is 21.1. The number of aryl methyl sites for hydroxylation is 2. The molecule has 186 valence electrons. The van der Waals surface area contributed by atoms with E-state index in [1.54, 1.807) is 17.4 Å².